The maximum absolute atomic E-state index is 16.2. The molecule has 0 atom stereocenters. The molecular weight excluding hydrogens is 666 g/mol. The molecule has 0 spiro atoms. The quantitative estimate of drug-likeness (QED) is 0.0811. The minimum atomic E-state index is -3.82. The molecule has 1 aliphatic rings. The molecule has 5 aromatic rings. The van der Waals surface area contributed by atoms with Gasteiger partial charge in [-0.15, -0.1) is 0 Å². The number of ether oxygens (including phenoxy) is 2. The first-order chi connectivity index (χ1) is 24.0. The lowest BCUT2D eigenvalue weighted by atomic mass is 9.84. The Morgan fingerprint density at radius 3 is 1.32 bits per heavy atom. The van der Waals surface area contributed by atoms with Crippen LogP contribution < -0.4 is 26.5 Å². The molecule has 9 heteroatoms. The highest BCUT2D eigenvalue weighted by molar-refractivity contribution is 7.85. The number of carbonyl (C=O) groups excluding carboxylic acids is 3. The molecule has 0 unspecified atom stereocenters. The summed E-state index contributed by atoms with van der Waals surface area (Å²) in [5.74, 6) is -1.94. The summed E-state index contributed by atoms with van der Waals surface area (Å²) in [4.78, 5) is 42.0. The monoisotopic (exact) mass is 704 g/mol. The molecule has 6 rings (SSSR count). The Morgan fingerprint density at radius 1 is 0.580 bits per heavy atom. The predicted octanol–water partition coefficient (Wildman–Crippen LogP) is 5.57. The molecule has 0 saturated carbocycles. The fraction of sp³-hybridized carbons (Fsp3) is 0.195. The Balaban J connectivity index is 1.68. The van der Waals surface area contributed by atoms with Gasteiger partial charge in [0.2, 0.25) is 0 Å². The van der Waals surface area contributed by atoms with Gasteiger partial charge in [0.05, 0.1) is 20.4 Å². The molecule has 0 aliphatic heterocycles. The Bertz CT molecular complexity index is 2080. The summed E-state index contributed by atoms with van der Waals surface area (Å²) >= 11 is 0. The highest BCUT2D eigenvalue weighted by atomic mass is 31.2. The molecule has 1 aliphatic carbocycles. The molecule has 50 heavy (non-hydrogen) atoms. The van der Waals surface area contributed by atoms with Crippen LogP contribution in [0.3, 0.4) is 0 Å². The van der Waals surface area contributed by atoms with Gasteiger partial charge < -0.3 is 18.6 Å². The number of fused-ring (bicyclic) bond motifs is 1. The fourth-order valence-corrected chi connectivity index (χ4v) is 13.1. The minimum absolute atomic E-state index is 0.0497. The summed E-state index contributed by atoms with van der Waals surface area (Å²) in [6.45, 7) is 3.55. The second-order valence-electron chi connectivity index (χ2n) is 12.6. The van der Waals surface area contributed by atoms with Crippen LogP contribution in [0.5, 0.6) is 0 Å². The zero-order valence-electron chi connectivity index (χ0n) is 28.4. The van der Waals surface area contributed by atoms with Gasteiger partial charge in [0.1, 0.15) is 0 Å². The van der Waals surface area contributed by atoms with Crippen molar-refractivity contribution in [2.45, 2.75) is 26.7 Å². The van der Waals surface area contributed by atoms with Crippen LogP contribution in [0.4, 0.5) is 0 Å². The van der Waals surface area contributed by atoms with Gasteiger partial charge in [-0.1, -0.05) is 121 Å². The fourth-order valence-electron chi connectivity index (χ4n) is 7.39. The standard InChI is InChI=1S/C41H38O7P2/c1-28-34-25-41(39(43)47-3,40(44)48-4)26-35(34)29(2)38(50(46,32-21-13-7-14-22-32)33-23-15-8-16-24-33)37(28)36(42)27-49(45,30-17-9-5-10-18-30)31-19-11-6-12-20-31/h5-24H,25-27H2,1-4H3. The van der Waals surface area contributed by atoms with Crippen LogP contribution in [0.25, 0.3) is 0 Å². The van der Waals surface area contributed by atoms with Crippen molar-refractivity contribution < 1.29 is 33.0 Å². The van der Waals surface area contributed by atoms with E-state index in [1.807, 2.05) is 24.3 Å². The Morgan fingerprint density at radius 2 is 0.940 bits per heavy atom. The maximum Gasteiger partial charge on any atom is 0.323 e. The SMILES string of the molecule is COC(=O)C1(C(=O)OC)Cc2c(C)c(C(=O)CP(=O)(c3ccccc3)c3ccccc3)c(P(=O)(c3ccccc3)c3ccccc3)c(C)c2C1. The van der Waals surface area contributed by atoms with Crippen molar-refractivity contribution in [3.63, 3.8) is 0 Å². The Kier molecular flexibility index (Phi) is 9.68. The smallest absolute Gasteiger partial charge is 0.323 e. The number of benzene rings is 5. The van der Waals surface area contributed by atoms with E-state index < -0.39 is 37.4 Å². The summed E-state index contributed by atoms with van der Waals surface area (Å²) in [6, 6.07) is 36.0. The van der Waals surface area contributed by atoms with Gasteiger partial charge in [-0.25, -0.2) is 0 Å². The average molecular weight is 705 g/mol. The van der Waals surface area contributed by atoms with Crippen LogP contribution in [0, 0.1) is 19.3 Å². The van der Waals surface area contributed by atoms with E-state index >= 15 is 13.9 Å². The third kappa shape index (κ3) is 5.69. The van der Waals surface area contributed by atoms with Crippen molar-refractivity contribution in [3.05, 3.63) is 149 Å². The van der Waals surface area contributed by atoms with Gasteiger partial charge in [-0.2, -0.15) is 0 Å². The van der Waals surface area contributed by atoms with Gasteiger partial charge in [0.15, 0.2) is 25.5 Å². The predicted molar refractivity (Wildman–Crippen MR) is 198 cm³/mol. The van der Waals surface area contributed by atoms with Crippen LogP contribution in [-0.2, 0) is 41.0 Å². The minimum Gasteiger partial charge on any atom is -0.468 e. The van der Waals surface area contributed by atoms with Gasteiger partial charge in [0, 0.05) is 44.9 Å². The van der Waals surface area contributed by atoms with E-state index in [1.165, 1.54) is 14.2 Å². The first kappa shape index (κ1) is 35.0. The largest absolute Gasteiger partial charge is 0.468 e. The summed E-state index contributed by atoms with van der Waals surface area (Å²) < 4.78 is 41.7. The topological polar surface area (TPSA) is 104 Å². The van der Waals surface area contributed by atoms with E-state index in [0.717, 1.165) is 0 Å². The molecule has 0 aromatic heterocycles. The van der Waals surface area contributed by atoms with E-state index in [2.05, 4.69) is 0 Å². The second kappa shape index (κ2) is 13.8. The molecule has 0 N–H and O–H groups in total. The molecule has 5 aromatic carbocycles. The van der Waals surface area contributed by atoms with E-state index in [1.54, 1.807) is 111 Å². The summed E-state index contributed by atoms with van der Waals surface area (Å²) in [7, 11) is -4.95. The molecular formula is C41H38O7P2. The van der Waals surface area contributed by atoms with Crippen molar-refractivity contribution in [2.75, 3.05) is 20.4 Å². The van der Waals surface area contributed by atoms with Gasteiger partial charge in [0.25, 0.3) is 0 Å². The number of Topliss-reactive ketones (excluding diaryl/α,β-unsaturated/α-hetero) is 1. The van der Waals surface area contributed by atoms with E-state index in [9.17, 15) is 9.59 Å². The molecule has 7 nitrogen and oxygen atoms in total. The zero-order chi connectivity index (χ0) is 35.7. The lowest BCUT2D eigenvalue weighted by Gasteiger charge is -2.28. The van der Waals surface area contributed by atoms with Crippen molar-refractivity contribution in [1.82, 2.24) is 0 Å². The summed E-state index contributed by atoms with van der Waals surface area (Å²) in [6.07, 6.45) is -0.479. The Labute approximate surface area is 292 Å². The van der Waals surface area contributed by atoms with Gasteiger partial charge in [-0.3, -0.25) is 14.4 Å². The van der Waals surface area contributed by atoms with Crippen LogP contribution in [0.2, 0.25) is 0 Å². The lowest BCUT2D eigenvalue weighted by molar-refractivity contribution is -0.168. The summed E-state index contributed by atoms with van der Waals surface area (Å²) in [5, 5.41) is 2.40. The average Bonchev–Trinajstić information content (AvgIpc) is 3.59. The molecule has 0 saturated heterocycles. The number of hydrogen-bond donors (Lipinski definition) is 0. The molecule has 0 bridgehead atoms. The number of rotatable bonds is 10. The Hall–Kier alpha value is -4.83. The summed E-state index contributed by atoms with van der Waals surface area (Å²) in [5.41, 5.74) is 0.787. The lowest BCUT2D eigenvalue weighted by Crippen LogP contribution is -2.42. The van der Waals surface area contributed by atoms with E-state index in [-0.39, 0.29) is 24.6 Å². The highest BCUT2D eigenvalue weighted by Crippen LogP contribution is 2.51. The number of esters is 2. The first-order valence-corrected chi connectivity index (χ1v) is 19.9. The van der Waals surface area contributed by atoms with Crippen molar-refractivity contribution in [1.29, 1.82) is 0 Å². The second-order valence-corrected chi connectivity index (χ2v) is 18.1. The van der Waals surface area contributed by atoms with Gasteiger partial charge in [-0.05, 0) is 36.1 Å². The van der Waals surface area contributed by atoms with Crippen LogP contribution in [0.1, 0.15) is 32.6 Å². The van der Waals surface area contributed by atoms with Crippen molar-refractivity contribution in [3.8, 4) is 0 Å². The molecule has 0 heterocycles. The third-order valence-corrected chi connectivity index (χ3v) is 16.1. The zero-order valence-corrected chi connectivity index (χ0v) is 30.2. The molecule has 254 valence electrons. The van der Waals surface area contributed by atoms with E-state index in [4.69, 9.17) is 9.47 Å². The van der Waals surface area contributed by atoms with Crippen molar-refractivity contribution >= 4 is 58.5 Å². The number of carbonyl (C=O) groups is 3. The maximum atomic E-state index is 16.2. The van der Waals surface area contributed by atoms with Crippen LogP contribution in [0.15, 0.2) is 121 Å². The molecule has 0 fully saturated rings. The van der Waals surface area contributed by atoms with Crippen LogP contribution >= 0.6 is 14.3 Å². The number of methoxy groups -OCH3 is 2. The van der Waals surface area contributed by atoms with Gasteiger partial charge >= 0.3 is 11.9 Å². The highest BCUT2D eigenvalue weighted by Gasteiger charge is 2.55. The van der Waals surface area contributed by atoms with E-state index in [0.29, 0.717) is 48.8 Å². The third-order valence-electron chi connectivity index (χ3n) is 9.89. The number of ketones is 1. The van der Waals surface area contributed by atoms with Crippen molar-refractivity contribution in [2.24, 2.45) is 5.41 Å². The number of hydrogen-bond acceptors (Lipinski definition) is 7. The molecule has 0 amide bonds. The first-order valence-electron chi connectivity index (χ1n) is 16.3. The normalized spacial score (nSPS) is 13.7. The van der Waals surface area contributed by atoms with Crippen LogP contribution in [-0.4, -0.2) is 38.1 Å². The molecule has 0 radical (unpaired) electrons.